The van der Waals surface area contributed by atoms with Gasteiger partial charge >= 0.3 is 0 Å². The molecule has 0 saturated carbocycles. The molecule has 0 aliphatic carbocycles. The van der Waals surface area contributed by atoms with Crippen LogP contribution in [0.2, 0.25) is 0 Å². The molecule has 0 aliphatic heterocycles. The molecule has 1 N–H and O–H groups in total. The third-order valence-corrected chi connectivity index (χ3v) is 2.83. The van der Waals surface area contributed by atoms with E-state index in [4.69, 9.17) is 0 Å². The number of aromatic nitrogens is 7. The van der Waals surface area contributed by atoms with Crippen molar-refractivity contribution >= 4 is 5.95 Å². The molecule has 0 aromatic carbocycles. The second-order valence-electron chi connectivity index (χ2n) is 4.56. The van der Waals surface area contributed by atoms with Crippen LogP contribution >= 0.6 is 0 Å². The summed E-state index contributed by atoms with van der Waals surface area (Å²) in [5, 5.41) is 11.5. The summed E-state index contributed by atoms with van der Waals surface area (Å²) in [5.74, 6) is 1.59. The van der Waals surface area contributed by atoms with Crippen LogP contribution in [0.4, 0.5) is 5.95 Å². The van der Waals surface area contributed by atoms with E-state index in [9.17, 15) is 0 Å². The van der Waals surface area contributed by atoms with Gasteiger partial charge in [-0.2, -0.15) is 25.1 Å². The van der Waals surface area contributed by atoms with Crippen molar-refractivity contribution in [2.45, 2.75) is 13.3 Å². The molecule has 0 fully saturated rings. The Balaban J connectivity index is 2.04. The van der Waals surface area contributed by atoms with Crippen molar-refractivity contribution in [3.05, 3.63) is 30.9 Å². The standard InChI is InChI=1S/C13H16N8/c1-3-5-14-12-17-11(10-8-16-20(2)9-10)18-13(19-12)21-7-4-6-15-21/h4,6-9H,3,5H2,1-2H3,(H,14,17,18,19). The van der Waals surface area contributed by atoms with Gasteiger partial charge in [-0.1, -0.05) is 6.92 Å². The zero-order valence-corrected chi connectivity index (χ0v) is 11.9. The van der Waals surface area contributed by atoms with E-state index in [2.05, 4.69) is 37.4 Å². The summed E-state index contributed by atoms with van der Waals surface area (Å²) in [6.45, 7) is 2.89. The fourth-order valence-corrected chi connectivity index (χ4v) is 1.84. The molecule has 3 heterocycles. The van der Waals surface area contributed by atoms with Crippen LogP contribution in [-0.4, -0.2) is 41.1 Å². The Kier molecular flexibility index (Phi) is 3.59. The molecule has 3 aromatic rings. The van der Waals surface area contributed by atoms with Gasteiger partial charge in [0.2, 0.25) is 5.95 Å². The lowest BCUT2D eigenvalue weighted by atomic mass is 10.3. The molecule has 0 spiro atoms. The number of hydrogen-bond donors (Lipinski definition) is 1. The average Bonchev–Trinajstić information content (AvgIpc) is 3.16. The molecular formula is C13H16N8. The van der Waals surface area contributed by atoms with Crippen LogP contribution in [0.25, 0.3) is 17.3 Å². The first-order valence-corrected chi connectivity index (χ1v) is 6.75. The van der Waals surface area contributed by atoms with Crippen molar-refractivity contribution < 1.29 is 0 Å². The number of nitrogens with zero attached hydrogens (tertiary/aromatic N) is 7. The molecule has 0 unspecified atom stereocenters. The van der Waals surface area contributed by atoms with Crippen LogP contribution < -0.4 is 5.32 Å². The van der Waals surface area contributed by atoms with Gasteiger partial charge in [0.15, 0.2) is 5.82 Å². The maximum Gasteiger partial charge on any atom is 0.255 e. The third kappa shape index (κ3) is 2.88. The molecule has 0 radical (unpaired) electrons. The number of nitrogens with one attached hydrogen (secondary N) is 1. The summed E-state index contributed by atoms with van der Waals surface area (Å²) in [5.41, 5.74) is 0.841. The normalized spacial score (nSPS) is 10.8. The maximum atomic E-state index is 4.45. The first kappa shape index (κ1) is 13.2. The van der Waals surface area contributed by atoms with E-state index in [0.717, 1.165) is 18.5 Å². The highest BCUT2D eigenvalue weighted by Gasteiger charge is 2.11. The van der Waals surface area contributed by atoms with Crippen molar-refractivity contribution in [1.29, 1.82) is 0 Å². The number of rotatable bonds is 5. The van der Waals surface area contributed by atoms with E-state index in [1.54, 1.807) is 28.0 Å². The quantitative estimate of drug-likeness (QED) is 0.759. The minimum absolute atomic E-state index is 0.479. The Bertz CT molecular complexity index is 716. The summed E-state index contributed by atoms with van der Waals surface area (Å²) in [6, 6.07) is 1.83. The highest BCUT2D eigenvalue weighted by Crippen LogP contribution is 2.16. The van der Waals surface area contributed by atoms with Crippen LogP contribution in [0.5, 0.6) is 0 Å². The van der Waals surface area contributed by atoms with Gasteiger partial charge in [0.25, 0.3) is 5.95 Å². The first-order chi connectivity index (χ1) is 10.3. The molecule has 3 aromatic heterocycles. The van der Waals surface area contributed by atoms with E-state index in [0.29, 0.717) is 17.7 Å². The van der Waals surface area contributed by atoms with Crippen molar-refractivity contribution in [3.63, 3.8) is 0 Å². The van der Waals surface area contributed by atoms with Crippen LogP contribution in [0, 0.1) is 0 Å². The predicted molar refractivity (Wildman–Crippen MR) is 77.9 cm³/mol. The Morgan fingerprint density at radius 2 is 2.10 bits per heavy atom. The van der Waals surface area contributed by atoms with E-state index >= 15 is 0 Å². The van der Waals surface area contributed by atoms with Gasteiger partial charge in [-0.15, -0.1) is 0 Å². The van der Waals surface area contributed by atoms with Crippen LogP contribution in [0.15, 0.2) is 30.9 Å². The molecule has 0 atom stereocenters. The van der Waals surface area contributed by atoms with Gasteiger partial charge in [-0.3, -0.25) is 4.68 Å². The topological polar surface area (TPSA) is 86.3 Å². The Labute approximate surface area is 121 Å². The average molecular weight is 284 g/mol. The second kappa shape index (κ2) is 5.70. The van der Waals surface area contributed by atoms with E-state index < -0.39 is 0 Å². The Morgan fingerprint density at radius 3 is 2.76 bits per heavy atom. The number of hydrogen-bond acceptors (Lipinski definition) is 6. The summed E-state index contributed by atoms with van der Waals surface area (Å²) in [4.78, 5) is 13.3. The molecule has 8 heteroatoms. The molecule has 0 bridgehead atoms. The minimum atomic E-state index is 0.479. The van der Waals surface area contributed by atoms with Crippen molar-refractivity contribution in [1.82, 2.24) is 34.5 Å². The lowest BCUT2D eigenvalue weighted by Gasteiger charge is -2.07. The van der Waals surface area contributed by atoms with E-state index in [-0.39, 0.29) is 0 Å². The summed E-state index contributed by atoms with van der Waals surface area (Å²) in [6.07, 6.45) is 8.07. The van der Waals surface area contributed by atoms with Crippen LogP contribution in [0.3, 0.4) is 0 Å². The van der Waals surface area contributed by atoms with Crippen molar-refractivity contribution in [2.24, 2.45) is 7.05 Å². The first-order valence-electron chi connectivity index (χ1n) is 6.75. The monoisotopic (exact) mass is 284 g/mol. The predicted octanol–water partition coefficient (Wildman–Crippen LogP) is 1.28. The summed E-state index contributed by atoms with van der Waals surface area (Å²) >= 11 is 0. The molecule has 3 rings (SSSR count). The lowest BCUT2D eigenvalue weighted by molar-refractivity contribution is 0.767. The summed E-state index contributed by atoms with van der Waals surface area (Å²) in [7, 11) is 1.86. The van der Waals surface area contributed by atoms with E-state index in [1.807, 2.05) is 19.3 Å². The highest BCUT2D eigenvalue weighted by atomic mass is 15.4. The van der Waals surface area contributed by atoms with Gasteiger partial charge in [-0.05, 0) is 12.5 Å². The molecule has 21 heavy (non-hydrogen) atoms. The van der Waals surface area contributed by atoms with Gasteiger partial charge < -0.3 is 5.32 Å². The summed E-state index contributed by atoms with van der Waals surface area (Å²) < 4.78 is 3.32. The zero-order valence-electron chi connectivity index (χ0n) is 11.9. The van der Waals surface area contributed by atoms with Crippen molar-refractivity contribution in [3.8, 4) is 17.3 Å². The second-order valence-corrected chi connectivity index (χ2v) is 4.56. The van der Waals surface area contributed by atoms with Gasteiger partial charge in [-0.25, -0.2) is 4.68 Å². The Morgan fingerprint density at radius 1 is 1.19 bits per heavy atom. The molecule has 108 valence electrons. The SMILES string of the molecule is CCCNc1nc(-c2cnn(C)c2)nc(-n2cccn2)n1. The third-order valence-electron chi connectivity index (χ3n) is 2.83. The van der Waals surface area contributed by atoms with Crippen molar-refractivity contribution in [2.75, 3.05) is 11.9 Å². The Hall–Kier alpha value is -2.77. The van der Waals surface area contributed by atoms with Crippen LogP contribution in [0.1, 0.15) is 13.3 Å². The molecule has 0 saturated heterocycles. The van der Waals surface area contributed by atoms with Gasteiger partial charge in [0.1, 0.15) is 0 Å². The smallest absolute Gasteiger partial charge is 0.255 e. The van der Waals surface area contributed by atoms with Gasteiger partial charge in [0, 0.05) is 32.2 Å². The molecule has 0 aliphatic rings. The number of aryl methyl sites for hydroxylation is 1. The lowest BCUT2D eigenvalue weighted by Crippen LogP contribution is -2.10. The van der Waals surface area contributed by atoms with Gasteiger partial charge in [0.05, 0.1) is 11.8 Å². The molecule has 0 amide bonds. The molecule has 8 nitrogen and oxygen atoms in total. The largest absolute Gasteiger partial charge is 0.354 e. The number of anilines is 1. The fourth-order valence-electron chi connectivity index (χ4n) is 1.84. The van der Waals surface area contributed by atoms with E-state index in [1.165, 1.54) is 0 Å². The maximum absolute atomic E-state index is 4.45. The van der Waals surface area contributed by atoms with Crippen LogP contribution in [-0.2, 0) is 7.05 Å². The minimum Gasteiger partial charge on any atom is -0.354 e. The molecular weight excluding hydrogens is 268 g/mol. The zero-order chi connectivity index (χ0) is 14.7. The fraction of sp³-hybridized carbons (Fsp3) is 0.308. The highest BCUT2D eigenvalue weighted by molar-refractivity contribution is 5.54.